The van der Waals surface area contributed by atoms with Crippen LogP contribution in [0.3, 0.4) is 0 Å². The third kappa shape index (κ3) is 5.31. The van der Waals surface area contributed by atoms with Crippen molar-refractivity contribution >= 4 is 17.4 Å². The summed E-state index contributed by atoms with van der Waals surface area (Å²) in [6, 6.07) is 15.2. The van der Waals surface area contributed by atoms with Crippen LogP contribution >= 0.6 is 0 Å². The van der Waals surface area contributed by atoms with Gasteiger partial charge in [-0.2, -0.15) is 0 Å². The van der Waals surface area contributed by atoms with E-state index >= 15 is 0 Å². The number of rotatable bonds is 7. The van der Waals surface area contributed by atoms with Gasteiger partial charge in [-0.15, -0.1) is 0 Å². The topological polar surface area (TPSA) is 85.9 Å². The molecule has 0 atom stereocenters. The van der Waals surface area contributed by atoms with Crippen LogP contribution in [0, 0.1) is 6.92 Å². The van der Waals surface area contributed by atoms with Gasteiger partial charge < -0.3 is 20.6 Å². The molecule has 2 aromatic carbocycles. The van der Waals surface area contributed by atoms with Crippen LogP contribution in [0.25, 0.3) is 0 Å². The van der Waals surface area contributed by atoms with Crippen LogP contribution in [0.5, 0.6) is 5.75 Å². The van der Waals surface area contributed by atoms with Crippen LogP contribution in [-0.4, -0.2) is 25.5 Å². The molecule has 0 radical (unpaired) electrons. The maximum absolute atomic E-state index is 11.9. The first-order chi connectivity index (χ1) is 11.6. The summed E-state index contributed by atoms with van der Waals surface area (Å²) in [6.45, 7) is 1.70. The molecule has 0 aliphatic rings. The molecule has 0 fully saturated rings. The summed E-state index contributed by atoms with van der Waals surface area (Å²) in [5.41, 5.74) is 8.41. The quantitative estimate of drug-likeness (QED) is 0.465. The Morgan fingerprint density at radius 1 is 1.21 bits per heavy atom. The highest BCUT2D eigenvalue weighted by molar-refractivity contribution is 5.93. The van der Waals surface area contributed by atoms with Gasteiger partial charge in [-0.05, 0) is 30.2 Å². The summed E-state index contributed by atoms with van der Waals surface area (Å²) in [5.74, 6) is 0.554. The predicted molar refractivity (Wildman–Crippen MR) is 94.1 cm³/mol. The van der Waals surface area contributed by atoms with E-state index in [2.05, 4.69) is 10.5 Å². The van der Waals surface area contributed by atoms with Gasteiger partial charge in [0.1, 0.15) is 11.6 Å². The van der Waals surface area contributed by atoms with Gasteiger partial charge in [0.25, 0.3) is 5.91 Å². The minimum Gasteiger partial charge on any atom is -0.495 e. The van der Waals surface area contributed by atoms with Crippen molar-refractivity contribution in [1.82, 2.24) is 0 Å². The molecule has 2 rings (SSSR count). The first kappa shape index (κ1) is 17.3. The van der Waals surface area contributed by atoms with Gasteiger partial charge in [0.2, 0.25) is 0 Å². The van der Waals surface area contributed by atoms with E-state index in [0.29, 0.717) is 23.7 Å². The van der Waals surface area contributed by atoms with Crippen molar-refractivity contribution in [1.29, 1.82) is 0 Å². The van der Waals surface area contributed by atoms with Crippen LogP contribution in [0.2, 0.25) is 0 Å². The van der Waals surface area contributed by atoms with Crippen molar-refractivity contribution in [3.05, 3.63) is 59.7 Å². The Hall–Kier alpha value is -3.02. The van der Waals surface area contributed by atoms with Crippen molar-refractivity contribution in [3.8, 4) is 5.75 Å². The zero-order chi connectivity index (χ0) is 17.4. The Bertz CT molecular complexity index is 715. The molecule has 6 heteroatoms. The molecule has 126 valence electrons. The molecule has 0 aromatic heterocycles. The van der Waals surface area contributed by atoms with E-state index in [9.17, 15) is 4.79 Å². The Morgan fingerprint density at radius 2 is 1.96 bits per heavy atom. The van der Waals surface area contributed by atoms with Gasteiger partial charge >= 0.3 is 0 Å². The van der Waals surface area contributed by atoms with E-state index < -0.39 is 0 Å². The average Bonchev–Trinajstić information content (AvgIpc) is 2.56. The fourth-order valence-corrected chi connectivity index (χ4v) is 2.12. The predicted octanol–water partition coefficient (Wildman–Crippen LogP) is 2.47. The maximum atomic E-state index is 11.9. The van der Waals surface area contributed by atoms with Crippen LogP contribution in [0.1, 0.15) is 11.1 Å². The minimum absolute atomic E-state index is 0.230. The molecule has 2 aromatic rings. The fraction of sp³-hybridized carbons (Fsp3) is 0.222. The summed E-state index contributed by atoms with van der Waals surface area (Å²) in [6.07, 6.45) is 0.466. The molecule has 0 heterocycles. The Kier molecular flexibility index (Phi) is 6.19. The summed E-state index contributed by atoms with van der Waals surface area (Å²) in [4.78, 5) is 16.9. The molecule has 24 heavy (non-hydrogen) atoms. The molecule has 0 saturated carbocycles. The molecule has 0 bridgehead atoms. The number of amides is 1. The Balaban J connectivity index is 1.85. The van der Waals surface area contributed by atoms with Crippen LogP contribution in [-0.2, 0) is 16.1 Å². The van der Waals surface area contributed by atoms with Gasteiger partial charge in [-0.1, -0.05) is 41.6 Å². The number of carbonyl (C=O) groups excluding carboxylic acids is 1. The highest BCUT2D eigenvalue weighted by Crippen LogP contribution is 2.24. The molecule has 0 spiro atoms. The maximum Gasteiger partial charge on any atom is 0.265 e. The van der Waals surface area contributed by atoms with E-state index in [-0.39, 0.29) is 12.5 Å². The second-order valence-corrected chi connectivity index (χ2v) is 5.27. The monoisotopic (exact) mass is 327 g/mol. The highest BCUT2D eigenvalue weighted by atomic mass is 16.6. The summed E-state index contributed by atoms with van der Waals surface area (Å²) in [5, 5.41) is 6.49. The number of hydrogen-bond donors (Lipinski definition) is 2. The number of anilines is 1. The van der Waals surface area contributed by atoms with E-state index in [1.165, 1.54) is 0 Å². The smallest absolute Gasteiger partial charge is 0.265 e. The highest BCUT2D eigenvalue weighted by Gasteiger charge is 2.08. The average molecular weight is 327 g/mol. The summed E-state index contributed by atoms with van der Waals surface area (Å²) >= 11 is 0. The number of oxime groups is 1. The lowest BCUT2D eigenvalue weighted by Gasteiger charge is -2.10. The van der Waals surface area contributed by atoms with Crippen LogP contribution in [0.4, 0.5) is 5.69 Å². The first-order valence-electron chi connectivity index (χ1n) is 7.51. The van der Waals surface area contributed by atoms with E-state index in [4.69, 9.17) is 15.3 Å². The van der Waals surface area contributed by atoms with Gasteiger partial charge in [0, 0.05) is 6.42 Å². The fourth-order valence-electron chi connectivity index (χ4n) is 2.12. The molecule has 0 saturated heterocycles. The number of benzene rings is 2. The molecule has 0 unspecified atom stereocenters. The van der Waals surface area contributed by atoms with E-state index in [1.807, 2.05) is 49.4 Å². The molecular weight excluding hydrogens is 306 g/mol. The van der Waals surface area contributed by atoms with E-state index in [1.54, 1.807) is 13.2 Å². The molecule has 6 nitrogen and oxygen atoms in total. The van der Waals surface area contributed by atoms with Crippen molar-refractivity contribution in [2.24, 2.45) is 10.9 Å². The third-order valence-corrected chi connectivity index (χ3v) is 3.23. The normalized spacial score (nSPS) is 11.0. The van der Waals surface area contributed by atoms with Gasteiger partial charge in [0.15, 0.2) is 6.61 Å². The molecule has 3 N–H and O–H groups in total. The van der Waals surface area contributed by atoms with Gasteiger partial charge in [-0.3, -0.25) is 4.79 Å². The lowest BCUT2D eigenvalue weighted by atomic mass is 10.1. The van der Waals surface area contributed by atoms with Crippen molar-refractivity contribution < 1.29 is 14.4 Å². The second-order valence-electron chi connectivity index (χ2n) is 5.27. The van der Waals surface area contributed by atoms with Gasteiger partial charge in [0.05, 0.1) is 12.8 Å². The number of carbonyl (C=O) groups is 1. The number of nitrogens with one attached hydrogen (secondary N) is 1. The van der Waals surface area contributed by atoms with E-state index in [0.717, 1.165) is 11.1 Å². The Labute approximate surface area is 141 Å². The first-order valence-corrected chi connectivity index (χ1v) is 7.51. The number of hydrogen-bond acceptors (Lipinski definition) is 4. The number of ether oxygens (including phenoxy) is 1. The lowest BCUT2D eigenvalue weighted by Crippen LogP contribution is -2.20. The number of amidine groups is 1. The zero-order valence-electron chi connectivity index (χ0n) is 13.8. The van der Waals surface area contributed by atoms with Crippen LogP contribution in [0.15, 0.2) is 53.7 Å². The SMILES string of the molecule is COc1ccc(C)cc1NC(=O)CO/N=C(/N)Cc1ccccc1. The second kappa shape index (κ2) is 8.57. The van der Waals surface area contributed by atoms with Gasteiger partial charge in [-0.25, -0.2) is 0 Å². The molecule has 1 amide bonds. The van der Waals surface area contributed by atoms with Crippen LogP contribution < -0.4 is 15.8 Å². The number of nitrogens with two attached hydrogens (primary N) is 1. The number of aryl methyl sites for hydroxylation is 1. The number of nitrogens with zero attached hydrogens (tertiary/aromatic N) is 1. The molecule has 0 aliphatic heterocycles. The van der Waals surface area contributed by atoms with Crippen molar-refractivity contribution in [2.45, 2.75) is 13.3 Å². The lowest BCUT2D eigenvalue weighted by molar-refractivity contribution is -0.120. The molecule has 0 aliphatic carbocycles. The van der Waals surface area contributed by atoms with Crippen molar-refractivity contribution in [2.75, 3.05) is 19.0 Å². The largest absolute Gasteiger partial charge is 0.495 e. The zero-order valence-corrected chi connectivity index (χ0v) is 13.8. The number of methoxy groups -OCH3 is 1. The summed E-state index contributed by atoms with van der Waals surface area (Å²) in [7, 11) is 1.55. The third-order valence-electron chi connectivity index (χ3n) is 3.23. The minimum atomic E-state index is -0.338. The summed E-state index contributed by atoms with van der Waals surface area (Å²) < 4.78 is 5.21. The standard InChI is InChI=1S/C18H21N3O3/c1-13-8-9-16(23-2)15(10-13)20-18(22)12-24-21-17(19)11-14-6-4-3-5-7-14/h3-10H,11-12H2,1-2H3,(H2,19,21)(H,20,22). The molecular formula is C18H21N3O3. The Morgan fingerprint density at radius 3 is 2.67 bits per heavy atom. The van der Waals surface area contributed by atoms with Crippen molar-refractivity contribution in [3.63, 3.8) is 0 Å².